The lowest BCUT2D eigenvalue weighted by Gasteiger charge is -2.34. The SMILES string of the molecule is O=C(COc1ccccc1Cc1ccccc1)N1CCN(Cc2ccccc2)CC1. The van der Waals surface area contributed by atoms with Crippen LogP contribution in [0.4, 0.5) is 0 Å². The van der Waals surface area contributed by atoms with Crippen LogP contribution >= 0.6 is 0 Å². The van der Waals surface area contributed by atoms with Crippen LogP contribution in [0.3, 0.4) is 0 Å². The number of rotatable bonds is 7. The van der Waals surface area contributed by atoms with Crippen molar-refractivity contribution in [3.8, 4) is 5.75 Å². The Morgan fingerprint density at radius 2 is 1.33 bits per heavy atom. The van der Waals surface area contributed by atoms with Crippen molar-refractivity contribution >= 4 is 5.91 Å². The van der Waals surface area contributed by atoms with Gasteiger partial charge in [0.05, 0.1) is 0 Å². The van der Waals surface area contributed by atoms with Gasteiger partial charge in [-0.1, -0.05) is 78.9 Å². The number of hydrogen-bond acceptors (Lipinski definition) is 3. The highest BCUT2D eigenvalue weighted by molar-refractivity contribution is 5.78. The van der Waals surface area contributed by atoms with E-state index in [1.54, 1.807) is 0 Å². The van der Waals surface area contributed by atoms with Gasteiger partial charge in [0.15, 0.2) is 6.61 Å². The van der Waals surface area contributed by atoms with Gasteiger partial charge in [-0.2, -0.15) is 0 Å². The molecule has 3 aromatic rings. The average molecular weight is 401 g/mol. The molecule has 154 valence electrons. The number of amides is 1. The lowest BCUT2D eigenvalue weighted by atomic mass is 10.0. The number of carbonyl (C=O) groups excluding carboxylic acids is 1. The molecule has 0 N–H and O–H groups in total. The molecule has 1 amide bonds. The van der Waals surface area contributed by atoms with Gasteiger partial charge in [0.1, 0.15) is 5.75 Å². The van der Waals surface area contributed by atoms with Crippen LogP contribution in [-0.2, 0) is 17.8 Å². The Hall–Kier alpha value is -3.11. The molecule has 4 rings (SSSR count). The van der Waals surface area contributed by atoms with E-state index in [0.29, 0.717) is 0 Å². The summed E-state index contributed by atoms with van der Waals surface area (Å²) in [7, 11) is 0. The third-order valence-electron chi connectivity index (χ3n) is 5.54. The molecule has 4 heteroatoms. The van der Waals surface area contributed by atoms with E-state index in [-0.39, 0.29) is 12.5 Å². The molecule has 0 aliphatic carbocycles. The average Bonchev–Trinajstić information content (AvgIpc) is 2.80. The number of ether oxygens (including phenoxy) is 1. The van der Waals surface area contributed by atoms with Gasteiger partial charge in [0.25, 0.3) is 5.91 Å². The quantitative estimate of drug-likeness (QED) is 0.601. The minimum atomic E-state index is 0.0591. The van der Waals surface area contributed by atoms with Crippen molar-refractivity contribution in [2.75, 3.05) is 32.8 Å². The Kier molecular flexibility index (Phi) is 6.78. The van der Waals surface area contributed by atoms with Crippen LogP contribution in [0.25, 0.3) is 0 Å². The van der Waals surface area contributed by atoms with E-state index >= 15 is 0 Å². The summed E-state index contributed by atoms with van der Waals surface area (Å²) in [5.74, 6) is 0.848. The van der Waals surface area contributed by atoms with Crippen LogP contribution in [0.1, 0.15) is 16.7 Å². The summed E-state index contributed by atoms with van der Waals surface area (Å²) in [6.45, 7) is 4.31. The Balaban J connectivity index is 1.27. The van der Waals surface area contributed by atoms with Crippen molar-refractivity contribution in [3.05, 3.63) is 102 Å². The smallest absolute Gasteiger partial charge is 0.260 e. The van der Waals surface area contributed by atoms with E-state index in [9.17, 15) is 4.79 Å². The molecule has 30 heavy (non-hydrogen) atoms. The molecule has 1 aliphatic heterocycles. The van der Waals surface area contributed by atoms with Crippen molar-refractivity contribution in [1.29, 1.82) is 0 Å². The minimum absolute atomic E-state index is 0.0591. The Morgan fingerprint density at radius 1 is 0.733 bits per heavy atom. The highest BCUT2D eigenvalue weighted by Crippen LogP contribution is 2.21. The predicted molar refractivity (Wildman–Crippen MR) is 119 cm³/mol. The first-order valence-corrected chi connectivity index (χ1v) is 10.6. The third-order valence-corrected chi connectivity index (χ3v) is 5.54. The molecule has 1 fully saturated rings. The van der Waals surface area contributed by atoms with Crippen LogP contribution in [0.5, 0.6) is 5.75 Å². The van der Waals surface area contributed by atoms with Crippen molar-refractivity contribution in [2.45, 2.75) is 13.0 Å². The molecular formula is C26H28N2O2. The van der Waals surface area contributed by atoms with Crippen LogP contribution < -0.4 is 4.74 Å². The monoisotopic (exact) mass is 400 g/mol. The number of nitrogens with zero attached hydrogens (tertiary/aromatic N) is 2. The van der Waals surface area contributed by atoms with E-state index in [2.05, 4.69) is 47.4 Å². The van der Waals surface area contributed by atoms with Gasteiger partial charge in [-0.3, -0.25) is 9.69 Å². The first-order chi connectivity index (χ1) is 14.8. The highest BCUT2D eigenvalue weighted by Gasteiger charge is 2.21. The number of para-hydroxylation sites is 1. The molecule has 1 saturated heterocycles. The first-order valence-electron chi connectivity index (χ1n) is 10.6. The predicted octanol–water partition coefficient (Wildman–Crippen LogP) is 4.00. The van der Waals surface area contributed by atoms with E-state index in [0.717, 1.165) is 50.5 Å². The standard InChI is InChI=1S/C26H28N2O2/c29-26(28-17-15-27(16-18-28)20-23-11-5-2-6-12-23)21-30-25-14-8-7-13-24(25)19-22-9-3-1-4-10-22/h1-14H,15-21H2. The third kappa shape index (κ3) is 5.49. The molecule has 1 aliphatic rings. The molecule has 3 aromatic carbocycles. The summed E-state index contributed by atoms with van der Waals surface area (Å²) >= 11 is 0. The second-order valence-electron chi connectivity index (χ2n) is 7.70. The van der Waals surface area contributed by atoms with E-state index < -0.39 is 0 Å². The fourth-order valence-corrected chi connectivity index (χ4v) is 3.83. The summed E-state index contributed by atoms with van der Waals surface area (Å²) < 4.78 is 5.94. The summed E-state index contributed by atoms with van der Waals surface area (Å²) in [6, 6.07) is 28.8. The Labute approximate surface area is 178 Å². The Bertz CT molecular complexity index is 936. The van der Waals surface area contributed by atoms with Crippen molar-refractivity contribution in [2.24, 2.45) is 0 Å². The molecule has 0 bridgehead atoms. The number of hydrogen-bond donors (Lipinski definition) is 0. The molecule has 4 nitrogen and oxygen atoms in total. The number of piperazine rings is 1. The fourth-order valence-electron chi connectivity index (χ4n) is 3.83. The van der Waals surface area contributed by atoms with Crippen LogP contribution in [0, 0.1) is 0 Å². The van der Waals surface area contributed by atoms with Crippen molar-refractivity contribution in [1.82, 2.24) is 9.80 Å². The second kappa shape index (κ2) is 10.1. The summed E-state index contributed by atoms with van der Waals surface area (Å²) in [6.07, 6.45) is 0.795. The molecule has 1 heterocycles. The molecule has 0 radical (unpaired) electrons. The van der Waals surface area contributed by atoms with Gasteiger partial charge >= 0.3 is 0 Å². The summed E-state index contributed by atoms with van der Waals surface area (Å²) in [4.78, 5) is 17.0. The zero-order valence-corrected chi connectivity index (χ0v) is 17.2. The van der Waals surface area contributed by atoms with Gasteiger partial charge < -0.3 is 9.64 Å². The molecule has 0 spiro atoms. The summed E-state index contributed by atoms with van der Waals surface area (Å²) in [5, 5.41) is 0. The maximum Gasteiger partial charge on any atom is 0.260 e. The fraction of sp³-hybridized carbons (Fsp3) is 0.269. The normalized spacial score (nSPS) is 14.5. The first kappa shape index (κ1) is 20.2. The zero-order chi connectivity index (χ0) is 20.6. The molecule has 0 saturated carbocycles. The minimum Gasteiger partial charge on any atom is -0.483 e. The topological polar surface area (TPSA) is 32.8 Å². The van der Waals surface area contributed by atoms with E-state index in [1.807, 2.05) is 47.4 Å². The van der Waals surface area contributed by atoms with Gasteiger partial charge in [0, 0.05) is 39.1 Å². The molecule has 0 atom stereocenters. The van der Waals surface area contributed by atoms with Gasteiger partial charge in [-0.25, -0.2) is 0 Å². The lowest BCUT2D eigenvalue weighted by Crippen LogP contribution is -2.49. The highest BCUT2D eigenvalue weighted by atomic mass is 16.5. The Morgan fingerprint density at radius 3 is 2.03 bits per heavy atom. The van der Waals surface area contributed by atoms with Crippen LogP contribution in [-0.4, -0.2) is 48.5 Å². The van der Waals surface area contributed by atoms with Crippen LogP contribution in [0.15, 0.2) is 84.9 Å². The number of carbonyl (C=O) groups is 1. The zero-order valence-electron chi connectivity index (χ0n) is 17.2. The maximum atomic E-state index is 12.7. The van der Waals surface area contributed by atoms with Gasteiger partial charge in [-0.15, -0.1) is 0 Å². The summed E-state index contributed by atoms with van der Waals surface area (Å²) in [5.41, 5.74) is 3.65. The second-order valence-corrected chi connectivity index (χ2v) is 7.70. The van der Waals surface area contributed by atoms with Crippen molar-refractivity contribution < 1.29 is 9.53 Å². The van der Waals surface area contributed by atoms with Gasteiger partial charge in [-0.05, 0) is 22.8 Å². The largest absolute Gasteiger partial charge is 0.483 e. The van der Waals surface area contributed by atoms with E-state index in [4.69, 9.17) is 4.74 Å². The number of benzene rings is 3. The van der Waals surface area contributed by atoms with Crippen LogP contribution in [0.2, 0.25) is 0 Å². The molecule has 0 unspecified atom stereocenters. The van der Waals surface area contributed by atoms with Crippen molar-refractivity contribution in [3.63, 3.8) is 0 Å². The molecule has 0 aromatic heterocycles. The van der Waals surface area contributed by atoms with Gasteiger partial charge in [0.2, 0.25) is 0 Å². The molecular weight excluding hydrogens is 372 g/mol. The lowest BCUT2D eigenvalue weighted by molar-refractivity contribution is -0.135. The van der Waals surface area contributed by atoms with E-state index in [1.165, 1.54) is 11.1 Å². The maximum absolute atomic E-state index is 12.7.